The number of likely N-dealkylation sites (N-methyl/N-ethyl adjacent to an activating group) is 1. The Labute approximate surface area is 157 Å². The van der Waals surface area contributed by atoms with Gasteiger partial charge in [0.05, 0.1) is 16.4 Å². The Hall–Kier alpha value is -1.40. The van der Waals surface area contributed by atoms with Crippen LogP contribution in [0.4, 0.5) is 0 Å². The summed E-state index contributed by atoms with van der Waals surface area (Å²) in [6.45, 7) is 6.09. The van der Waals surface area contributed by atoms with E-state index in [1.54, 1.807) is 0 Å². The van der Waals surface area contributed by atoms with Crippen molar-refractivity contribution < 1.29 is 13.2 Å². The van der Waals surface area contributed by atoms with Crippen molar-refractivity contribution in [3.8, 4) is 0 Å². The first-order chi connectivity index (χ1) is 12.3. The molecule has 26 heavy (non-hydrogen) atoms. The van der Waals surface area contributed by atoms with Crippen LogP contribution < -0.4 is 0 Å². The van der Waals surface area contributed by atoms with E-state index in [2.05, 4.69) is 17.0 Å². The fourth-order valence-electron chi connectivity index (χ4n) is 4.60. The van der Waals surface area contributed by atoms with E-state index in [0.717, 1.165) is 13.1 Å². The molecule has 3 rings (SSSR count). The van der Waals surface area contributed by atoms with Crippen molar-refractivity contribution >= 4 is 15.7 Å². The van der Waals surface area contributed by atoms with E-state index in [9.17, 15) is 13.2 Å². The second-order valence-electron chi connectivity index (χ2n) is 7.81. The van der Waals surface area contributed by atoms with Gasteiger partial charge in [0.2, 0.25) is 5.91 Å². The number of rotatable bonds is 4. The normalized spacial score (nSPS) is 28.2. The number of likely N-dealkylation sites (tertiary alicyclic amines) is 1. The molecule has 0 unspecified atom stereocenters. The zero-order valence-corrected chi connectivity index (χ0v) is 16.8. The standard InChI is InChI=1S/C20H30N2O3S/c1-4-20(5-2)15-22(11-12-26(20,24)25)19(23)18-14-21(3)13-17(18)16-9-7-6-8-10-16/h6-10,17-18H,4-5,11-15H2,1-3H3/t17-,18+/m0/s1. The van der Waals surface area contributed by atoms with Crippen LogP contribution in [0.15, 0.2) is 30.3 Å². The summed E-state index contributed by atoms with van der Waals surface area (Å²) in [6, 6.07) is 10.2. The Balaban J connectivity index is 1.84. The molecule has 2 aliphatic heterocycles. The molecule has 0 aromatic heterocycles. The number of benzene rings is 1. The van der Waals surface area contributed by atoms with Crippen LogP contribution in [0, 0.1) is 5.92 Å². The number of carbonyl (C=O) groups excluding carboxylic acids is 1. The van der Waals surface area contributed by atoms with E-state index in [1.165, 1.54) is 5.56 Å². The highest BCUT2D eigenvalue weighted by atomic mass is 32.2. The first kappa shape index (κ1) is 19.4. The van der Waals surface area contributed by atoms with Gasteiger partial charge in [0.1, 0.15) is 0 Å². The van der Waals surface area contributed by atoms with Crippen LogP contribution in [0.25, 0.3) is 0 Å². The average molecular weight is 379 g/mol. The first-order valence-electron chi connectivity index (χ1n) is 9.58. The number of sulfone groups is 1. The van der Waals surface area contributed by atoms with Gasteiger partial charge in [-0.3, -0.25) is 4.79 Å². The molecule has 0 saturated carbocycles. The molecule has 0 aliphatic carbocycles. The molecule has 2 aliphatic rings. The number of hydrogen-bond donors (Lipinski definition) is 0. The topological polar surface area (TPSA) is 57.7 Å². The predicted molar refractivity (Wildman–Crippen MR) is 104 cm³/mol. The summed E-state index contributed by atoms with van der Waals surface area (Å²) in [4.78, 5) is 17.4. The van der Waals surface area contributed by atoms with Gasteiger partial charge in [-0.2, -0.15) is 0 Å². The second-order valence-corrected chi connectivity index (χ2v) is 10.3. The maximum absolute atomic E-state index is 13.4. The molecule has 2 heterocycles. The smallest absolute Gasteiger partial charge is 0.227 e. The highest BCUT2D eigenvalue weighted by Gasteiger charge is 2.48. The summed E-state index contributed by atoms with van der Waals surface area (Å²) in [5, 5.41) is 0. The van der Waals surface area contributed by atoms with Crippen LogP contribution in [0.5, 0.6) is 0 Å². The number of carbonyl (C=O) groups is 1. The molecule has 5 nitrogen and oxygen atoms in total. The Morgan fingerprint density at radius 2 is 1.81 bits per heavy atom. The van der Waals surface area contributed by atoms with Gasteiger partial charge in [-0.25, -0.2) is 8.42 Å². The molecule has 1 aromatic rings. The third kappa shape index (κ3) is 3.29. The summed E-state index contributed by atoms with van der Waals surface area (Å²) in [5.41, 5.74) is 1.19. The maximum atomic E-state index is 13.4. The van der Waals surface area contributed by atoms with Crippen molar-refractivity contribution in [3.63, 3.8) is 0 Å². The van der Waals surface area contributed by atoms with Gasteiger partial charge >= 0.3 is 0 Å². The minimum absolute atomic E-state index is 0.0823. The van der Waals surface area contributed by atoms with E-state index in [-0.39, 0.29) is 23.5 Å². The molecule has 0 bridgehead atoms. The molecular weight excluding hydrogens is 348 g/mol. The Bertz CT molecular complexity index is 744. The largest absolute Gasteiger partial charge is 0.340 e. The fraction of sp³-hybridized carbons (Fsp3) is 0.650. The molecule has 2 atom stereocenters. The quantitative estimate of drug-likeness (QED) is 0.806. The van der Waals surface area contributed by atoms with Crippen LogP contribution in [0.2, 0.25) is 0 Å². The lowest BCUT2D eigenvalue weighted by atomic mass is 9.87. The van der Waals surface area contributed by atoms with Crippen molar-refractivity contribution in [2.75, 3.05) is 39.0 Å². The van der Waals surface area contributed by atoms with Crippen molar-refractivity contribution in [3.05, 3.63) is 35.9 Å². The second kappa shape index (κ2) is 7.31. The molecule has 2 saturated heterocycles. The van der Waals surface area contributed by atoms with E-state index in [0.29, 0.717) is 25.9 Å². The van der Waals surface area contributed by atoms with Gasteiger partial charge in [0.15, 0.2) is 9.84 Å². The van der Waals surface area contributed by atoms with Gasteiger partial charge in [0.25, 0.3) is 0 Å². The molecule has 2 fully saturated rings. The minimum atomic E-state index is -3.16. The van der Waals surface area contributed by atoms with Gasteiger partial charge in [-0.15, -0.1) is 0 Å². The summed E-state index contributed by atoms with van der Waals surface area (Å²) in [6.07, 6.45) is 1.12. The molecule has 0 N–H and O–H groups in total. The lowest BCUT2D eigenvalue weighted by Gasteiger charge is -2.42. The zero-order valence-electron chi connectivity index (χ0n) is 16.0. The SMILES string of the molecule is CCC1(CC)CN(C(=O)[C@@H]2CN(C)C[C@H]2c2ccccc2)CCS1(=O)=O. The molecule has 0 radical (unpaired) electrons. The van der Waals surface area contributed by atoms with Gasteiger partial charge < -0.3 is 9.80 Å². The summed E-state index contributed by atoms with van der Waals surface area (Å²) in [7, 11) is -1.11. The van der Waals surface area contributed by atoms with Crippen LogP contribution >= 0.6 is 0 Å². The third-order valence-electron chi connectivity index (χ3n) is 6.42. The predicted octanol–water partition coefficient (Wildman–Crippen LogP) is 2.15. The van der Waals surface area contributed by atoms with Crippen molar-refractivity contribution in [1.82, 2.24) is 9.80 Å². The lowest BCUT2D eigenvalue weighted by molar-refractivity contribution is -0.136. The van der Waals surface area contributed by atoms with Gasteiger partial charge in [-0.05, 0) is 25.5 Å². The van der Waals surface area contributed by atoms with Crippen LogP contribution in [-0.4, -0.2) is 67.9 Å². The molecular formula is C20H30N2O3S. The first-order valence-corrected chi connectivity index (χ1v) is 11.2. The van der Waals surface area contributed by atoms with Crippen molar-refractivity contribution in [2.24, 2.45) is 5.92 Å². The minimum Gasteiger partial charge on any atom is -0.340 e. The lowest BCUT2D eigenvalue weighted by Crippen LogP contribution is -2.58. The number of amides is 1. The Morgan fingerprint density at radius 3 is 2.42 bits per heavy atom. The molecule has 1 amide bonds. The van der Waals surface area contributed by atoms with Crippen molar-refractivity contribution in [1.29, 1.82) is 0 Å². The molecule has 1 aromatic carbocycles. The Morgan fingerprint density at radius 1 is 1.15 bits per heavy atom. The van der Waals surface area contributed by atoms with Crippen LogP contribution in [0.1, 0.15) is 38.2 Å². The van der Waals surface area contributed by atoms with E-state index < -0.39 is 14.6 Å². The summed E-state index contributed by atoms with van der Waals surface area (Å²) >= 11 is 0. The van der Waals surface area contributed by atoms with Crippen LogP contribution in [-0.2, 0) is 14.6 Å². The fourth-order valence-corrected chi connectivity index (χ4v) is 6.72. The molecule has 6 heteroatoms. The molecule has 144 valence electrons. The van der Waals surface area contributed by atoms with Crippen molar-refractivity contribution in [2.45, 2.75) is 37.4 Å². The maximum Gasteiger partial charge on any atom is 0.227 e. The van der Waals surface area contributed by atoms with Gasteiger partial charge in [0, 0.05) is 32.1 Å². The third-order valence-corrected chi connectivity index (χ3v) is 9.16. The number of nitrogens with zero attached hydrogens (tertiary/aromatic N) is 2. The molecule has 0 spiro atoms. The van der Waals surface area contributed by atoms with Crippen LogP contribution in [0.3, 0.4) is 0 Å². The van der Waals surface area contributed by atoms with Gasteiger partial charge in [-0.1, -0.05) is 44.2 Å². The Kier molecular flexibility index (Phi) is 5.45. The number of hydrogen-bond acceptors (Lipinski definition) is 4. The highest BCUT2D eigenvalue weighted by Crippen LogP contribution is 2.36. The summed E-state index contributed by atoms with van der Waals surface area (Å²) < 4.78 is 24.5. The van der Waals surface area contributed by atoms with E-state index in [4.69, 9.17) is 0 Å². The van der Waals surface area contributed by atoms with E-state index >= 15 is 0 Å². The zero-order chi connectivity index (χ0) is 18.9. The van der Waals surface area contributed by atoms with E-state index in [1.807, 2.05) is 44.0 Å². The average Bonchev–Trinajstić information content (AvgIpc) is 3.04. The highest BCUT2D eigenvalue weighted by molar-refractivity contribution is 7.92. The summed E-state index contributed by atoms with van der Waals surface area (Å²) in [5.74, 6) is 0.266. The monoisotopic (exact) mass is 378 g/mol.